The quantitative estimate of drug-likeness (QED) is 0.225. The smallest absolute Gasteiger partial charge is 0.224 e. The van der Waals surface area contributed by atoms with Gasteiger partial charge in [-0.1, -0.05) is 30.3 Å². The van der Waals surface area contributed by atoms with E-state index >= 15 is 0 Å². The Morgan fingerprint density at radius 1 is 0.829 bits per heavy atom. The molecule has 7 heteroatoms. The average molecular weight is 469 g/mol. The third-order valence-electron chi connectivity index (χ3n) is 7.51. The van der Waals surface area contributed by atoms with Gasteiger partial charge in [0.05, 0.1) is 22.1 Å². The van der Waals surface area contributed by atoms with Crippen LogP contribution in [0.4, 0.5) is 0 Å². The molecule has 1 aliphatic heterocycles. The third-order valence-corrected chi connectivity index (χ3v) is 7.51. The number of para-hydroxylation sites is 2. The number of rotatable bonds is 5. The molecule has 2 aliphatic rings. The van der Waals surface area contributed by atoms with Crippen molar-refractivity contribution in [3.8, 4) is 0 Å². The van der Waals surface area contributed by atoms with E-state index in [0.29, 0.717) is 39.0 Å². The Morgan fingerprint density at radius 2 is 1.51 bits per heavy atom. The van der Waals surface area contributed by atoms with Crippen molar-refractivity contribution >= 4 is 33.4 Å². The van der Waals surface area contributed by atoms with E-state index in [-0.39, 0.29) is 17.1 Å². The Balaban J connectivity index is 1.38. The van der Waals surface area contributed by atoms with E-state index in [1.165, 1.54) is 6.20 Å². The van der Waals surface area contributed by atoms with Crippen LogP contribution in [0.25, 0.3) is 21.8 Å². The van der Waals surface area contributed by atoms with Crippen molar-refractivity contribution in [2.75, 3.05) is 39.8 Å². The van der Waals surface area contributed by atoms with Gasteiger partial charge in [-0.15, -0.1) is 0 Å². The van der Waals surface area contributed by atoms with Gasteiger partial charge in [-0.2, -0.15) is 4.73 Å². The van der Waals surface area contributed by atoms with Crippen LogP contribution in [0.5, 0.6) is 0 Å². The van der Waals surface area contributed by atoms with Crippen molar-refractivity contribution in [2.45, 2.75) is 19.4 Å². The molecule has 4 aromatic rings. The summed E-state index contributed by atoms with van der Waals surface area (Å²) in [6, 6.07) is 14.7. The van der Waals surface area contributed by atoms with Crippen molar-refractivity contribution < 1.29 is 14.3 Å². The molecular formula is C28H28N4O3. The van der Waals surface area contributed by atoms with Crippen molar-refractivity contribution in [1.29, 1.82) is 0 Å². The summed E-state index contributed by atoms with van der Waals surface area (Å²) in [5.74, 6) is -0.431. The van der Waals surface area contributed by atoms with Crippen LogP contribution in [0, 0.1) is 5.21 Å². The van der Waals surface area contributed by atoms with Gasteiger partial charge in [0.15, 0.2) is 6.20 Å². The van der Waals surface area contributed by atoms with Crippen LogP contribution >= 0.6 is 0 Å². The molecule has 0 radical (unpaired) electrons. The first-order valence-electron chi connectivity index (χ1n) is 12.3. The van der Waals surface area contributed by atoms with Crippen LogP contribution in [0.1, 0.15) is 44.8 Å². The Morgan fingerprint density at radius 3 is 2.31 bits per heavy atom. The highest BCUT2D eigenvalue weighted by molar-refractivity contribution is 6.34. The minimum atomic E-state index is -0.252. The predicted octanol–water partition coefficient (Wildman–Crippen LogP) is 3.23. The molecule has 2 aromatic heterocycles. The molecule has 1 saturated heterocycles. The summed E-state index contributed by atoms with van der Waals surface area (Å²) in [5, 5.41) is 13.9. The van der Waals surface area contributed by atoms with E-state index in [1.54, 1.807) is 24.3 Å². The summed E-state index contributed by atoms with van der Waals surface area (Å²) in [4.78, 5) is 32.5. The van der Waals surface area contributed by atoms with E-state index in [9.17, 15) is 14.8 Å². The molecular weight excluding hydrogens is 440 g/mol. The molecule has 1 aliphatic carbocycles. The van der Waals surface area contributed by atoms with Gasteiger partial charge in [0, 0.05) is 49.7 Å². The van der Waals surface area contributed by atoms with Gasteiger partial charge in [-0.25, -0.2) is 0 Å². The number of fused-ring (bicyclic) bond motifs is 6. The first-order valence-corrected chi connectivity index (χ1v) is 12.3. The van der Waals surface area contributed by atoms with Crippen LogP contribution < -0.4 is 4.73 Å². The number of pyridine rings is 1. The molecule has 0 N–H and O–H groups in total. The maximum Gasteiger partial charge on any atom is 0.224 e. The number of carbonyl (C=O) groups is 2. The monoisotopic (exact) mass is 468 g/mol. The summed E-state index contributed by atoms with van der Waals surface area (Å²) in [6.45, 7) is 6.10. The van der Waals surface area contributed by atoms with E-state index in [4.69, 9.17) is 0 Å². The molecule has 0 bridgehead atoms. The number of unbranched alkanes of at least 4 members (excludes halogenated alkanes) is 1. The van der Waals surface area contributed by atoms with Gasteiger partial charge >= 0.3 is 0 Å². The zero-order chi connectivity index (χ0) is 24.1. The van der Waals surface area contributed by atoms with E-state index in [2.05, 4.69) is 16.8 Å². The van der Waals surface area contributed by atoms with E-state index in [0.717, 1.165) is 56.5 Å². The first kappa shape index (κ1) is 21.9. The highest BCUT2D eigenvalue weighted by Gasteiger charge is 2.38. The standard InChI is InChI=1S/C28H28N4O3/c1-29-14-16-30(17-15-29)12-6-7-13-31-22-10-4-2-8-19(22)25-26(31)28(34)24-20-9-3-5-11-23(20)32(35)18-21(24)27(25)33/h2-5,8-11,18H,6-7,12-17H2,1H3. The zero-order valence-electron chi connectivity index (χ0n) is 19.9. The molecule has 0 unspecified atom stereocenters. The first-order chi connectivity index (χ1) is 17.0. The fourth-order valence-corrected chi connectivity index (χ4v) is 5.62. The lowest BCUT2D eigenvalue weighted by Gasteiger charge is -2.32. The van der Waals surface area contributed by atoms with Gasteiger partial charge < -0.3 is 19.6 Å². The number of likely N-dealkylation sites (N-methyl/N-ethyl adjacent to an activating group) is 1. The number of aryl methyl sites for hydroxylation is 1. The Kier molecular flexibility index (Phi) is 5.39. The van der Waals surface area contributed by atoms with Crippen LogP contribution in [0.15, 0.2) is 54.7 Å². The highest BCUT2D eigenvalue weighted by atomic mass is 16.5. The number of hydrogen-bond acceptors (Lipinski definition) is 5. The lowest BCUT2D eigenvalue weighted by molar-refractivity contribution is -0.577. The van der Waals surface area contributed by atoms with E-state index in [1.807, 2.05) is 28.8 Å². The van der Waals surface area contributed by atoms with E-state index < -0.39 is 0 Å². The highest BCUT2D eigenvalue weighted by Crippen LogP contribution is 2.37. The second-order valence-electron chi connectivity index (χ2n) is 9.66. The SMILES string of the molecule is CN1CCN(CCCCn2c3c(c4ccccc42)C(=O)c2c[n+]([O-])c4ccccc4c2C3=O)CC1. The Labute approximate surface area is 203 Å². The van der Waals surface area contributed by atoms with Crippen LogP contribution in [0.3, 0.4) is 0 Å². The molecule has 2 aromatic carbocycles. The van der Waals surface area contributed by atoms with Crippen molar-refractivity contribution in [3.05, 3.63) is 82.3 Å². The van der Waals surface area contributed by atoms with Gasteiger partial charge in [-0.05, 0) is 38.6 Å². The maximum absolute atomic E-state index is 14.0. The number of ketones is 2. The summed E-state index contributed by atoms with van der Waals surface area (Å²) in [6.07, 6.45) is 3.22. The topological polar surface area (TPSA) is 72.5 Å². The molecule has 178 valence electrons. The molecule has 1 fully saturated rings. The Bertz CT molecular complexity index is 1480. The minimum Gasteiger partial charge on any atom is -0.618 e. The molecule has 0 amide bonds. The van der Waals surface area contributed by atoms with Gasteiger partial charge in [0.1, 0.15) is 5.69 Å². The molecule has 35 heavy (non-hydrogen) atoms. The number of benzene rings is 2. The summed E-state index contributed by atoms with van der Waals surface area (Å²) < 4.78 is 2.73. The second-order valence-corrected chi connectivity index (χ2v) is 9.66. The minimum absolute atomic E-state index is 0.179. The Hall–Kier alpha value is -3.55. The lowest BCUT2D eigenvalue weighted by Crippen LogP contribution is -2.44. The summed E-state index contributed by atoms with van der Waals surface area (Å²) >= 11 is 0. The largest absolute Gasteiger partial charge is 0.618 e. The van der Waals surface area contributed by atoms with Gasteiger partial charge in [0.2, 0.25) is 17.1 Å². The van der Waals surface area contributed by atoms with Crippen molar-refractivity contribution in [2.24, 2.45) is 0 Å². The fourth-order valence-electron chi connectivity index (χ4n) is 5.62. The predicted molar refractivity (Wildman–Crippen MR) is 135 cm³/mol. The molecule has 6 rings (SSSR count). The number of hydrogen-bond donors (Lipinski definition) is 0. The van der Waals surface area contributed by atoms with Crippen molar-refractivity contribution in [1.82, 2.24) is 14.4 Å². The van der Waals surface area contributed by atoms with Crippen LogP contribution in [-0.4, -0.2) is 65.7 Å². The number of aromatic nitrogens is 2. The molecule has 0 saturated carbocycles. The zero-order valence-corrected chi connectivity index (χ0v) is 19.9. The lowest BCUT2D eigenvalue weighted by atomic mass is 9.85. The van der Waals surface area contributed by atoms with Crippen LogP contribution in [-0.2, 0) is 6.54 Å². The summed E-state index contributed by atoms with van der Waals surface area (Å²) in [7, 11) is 2.16. The van der Waals surface area contributed by atoms with Crippen molar-refractivity contribution in [3.63, 3.8) is 0 Å². The third kappa shape index (κ3) is 3.54. The number of piperazine rings is 1. The molecule has 0 atom stereocenters. The average Bonchev–Trinajstić information content (AvgIpc) is 3.21. The summed E-state index contributed by atoms with van der Waals surface area (Å²) in [5.41, 5.74) is 2.70. The molecule has 7 nitrogen and oxygen atoms in total. The number of nitrogens with zero attached hydrogens (tertiary/aromatic N) is 4. The van der Waals surface area contributed by atoms with Gasteiger partial charge in [-0.3, -0.25) is 9.59 Å². The molecule has 3 heterocycles. The molecule has 0 spiro atoms. The van der Waals surface area contributed by atoms with Gasteiger partial charge in [0.25, 0.3) is 0 Å². The maximum atomic E-state index is 14.0. The fraction of sp³-hybridized carbons (Fsp3) is 0.321. The normalized spacial score (nSPS) is 16.7. The van der Waals surface area contributed by atoms with Crippen LogP contribution in [0.2, 0.25) is 0 Å². The number of carbonyl (C=O) groups excluding carboxylic acids is 2. The second kappa shape index (κ2) is 8.59.